The number of methoxy groups -OCH3 is 2. The molecule has 1 aromatic heterocycles. The van der Waals surface area contributed by atoms with Crippen molar-refractivity contribution in [3.05, 3.63) is 59.3 Å². The quantitative estimate of drug-likeness (QED) is 0.297. The summed E-state index contributed by atoms with van der Waals surface area (Å²) in [6.07, 6.45) is 5.94. The monoisotopic (exact) mass is 574 g/mol. The van der Waals surface area contributed by atoms with E-state index >= 15 is 0 Å². The van der Waals surface area contributed by atoms with E-state index in [-0.39, 0.29) is 23.4 Å². The van der Waals surface area contributed by atoms with Crippen LogP contribution in [0.3, 0.4) is 0 Å². The van der Waals surface area contributed by atoms with Crippen molar-refractivity contribution in [2.24, 2.45) is 5.92 Å². The summed E-state index contributed by atoms with van der Waals surface area (Å²) in [5, 5.41) is 7.73. The fraction of sp³-hybridized carbons (Fsp3) is 0.455. The molecule has 42 heavy (non-hydrogen) atoms. The molecule has 1 aliphatic carbocycles. The number of rotatable bonds is 11. The third-order valence-corrected chi connectivity index (χ3v) is 8.17. The van der Waals surface area contributed by atoms with E-state index in [9.17, 15) is 14.4 Å². The average Bonchev–Trinajstić information content (AvgIpc) is 3.47. The van der Waals surface area contributed by atoms with Crippen molar-refractivity contribution >= 4 is 18.1 Å². The molecule has 1 fully saturated rings. The molecule has 1 aliphatic rings. The molecule has 2 aromatic carbocycles. The van der Waals surface area contributed by atoms with Gasteiger partial charge in [0.25, 0.3) is 11.8 Å². The molecule has 0 aliphatic heterocycles. The number of carbonyl (C=O) groups is 3. The Bertz CT molecular complexity index is 1400. The van der Waals surface area contributed by atoms with E-state index in [1.165, 1.54) is 0 Å². The average molecular weight is 575 g/mol. The minimum Gasteiger partial charge on any atom is -0.496 e. The van der Waals surface area contributed by atoms with E-state index in [1.54, 1.807) is 43.0 Å². The number of aromatic nitrogens is 2. The minimum absolute atomic E-state index is 0.0410. The van der Waals surface area contributed by atoms with Gasteiger partial charge in [0.2, 0.25) is 0 Å². The third kappa shape index (κ3) is 6.35. The molecular weight excluding hydrogens is 532 g/mol. The summed E-state index contributed by atoms with van der Waals surface area (Å²) in [6, 6.07) is 12.2. The fourth-order valence-electron chi connectivity index (χ4n) is 5.65. The highest BCUT2D eigenvalue weighted by molar-refractivity contribution is 5.96. The van der Waals surface area contributed by atoms with Crippen LogP contribution in [0.15, 0.2) is 42.5 Å². The van der Waals surface area contributed by atoms with Crippen LogP contribution in [-0.4, -0.2) is 66.6 Å². The summed E-state index contributed by atoms with van der Waals surface area (Å²) in [7, 11) is 4.93. The van der Waals surface area contributed by atoms with E-state index in [1.807, 2.05) is 37.3 Å². The second kappa shape index (κ2) is 13.7. The lowest BCUT2D eigenvalue weighted by molar-refractivity contribution is -0.110. The Hall–Kier alpha value is -4.14. The smallest absolute Gasteiger partial charge is 0.272 e. The number of amides is 2. The zero-order chi connectivity index (χ0) is 30.4. The number of benzene rings is 2. The summed E-state index contributed by atoms with van der Waals surface area (Å²) >= 11 is 0. The van der Waals surface area contributed by atoms with E-state index in [0.717, 1.165) is 49.6 Å². The van der Waals surface area contributed by atoms with Gasteiger partial charge in [0.15, 0.2) is 5.69 Å². The number of hydrogen-bond donors (Lipinski definition) is 1. The van der Waals surface area contributed by atoms with Crippen molar-refractivity contribution in [1.82, 2.24) is 20.0 Å². The van der Waals surface area contributed by atoms with Crippen LogP contribution in [0.1, 0.15) is 85.2 Å². The van der Waals surface area contributed by atoms with Gasteiger partial charge in [-0.3, -0.25) is 9.59 Å². The Labute approximate surface area is 248 Å². The fourth-order valence-corrected chi connectivity index (χ4v) is 5.65. The van der Waals surface area contributed by atoms with Crippen LogP contribution < -0.4 is 14.8 Å². The van der Waals surface area contributed by atoms with Crippen LogP contribution in [0.5, 0.6) is 11.5 Å². The molecule has 0 radical (unpaired) electrons. The summed E-state index contributed by atoms with van der Waals surface area (Å²) < 4.78 is 13.1. The van der Waals surface area contributed by atoms with Crippen molar-refractivity contribution in [2.45, 2.75) is 64.8 Å². The molecule has 2 amide bonds. The lowest BCUT2D eigenvalue weighted by Crippen LogP contribution is -2.42. The Balaban J connectivity index is 1.87. The Morgan fingerprint density at radius 2 is 1.74 bits per heavy atom. The predicted octanol–water partition coefficient (Wildman–Crippen LogP) is 5.65. The summed E-state index contributed by atoms with van der Waals surface area (Å²) in [5.41, 5.74) is 3.58. The maximum absolute atomic E-state index is 13.6. The van der Waals surface area contributed by atoms with Gasteiger partial charge in [0.05, 0.1) is 37.2 Å². The van der Waals surface area contributed by atoms with Gasteiger partial charge in [-0.15, -0.1) is 0 Å². The highest BCUT2D eigenvalue weighted by Crippen LogP contribution is 2.40. The molecule has 9 heteroatoms. The molecule has 3 aromatic rings. The topological polar surface area (TPSA) is 103 Å². The summed E-state index contributed by atoms with van der Waals surface area (Å²) in [5.74, 6) is 0.778. The number of carbonyl (C=O) groups excluding carboxylic acids is 3. The molecule has 1 heterocycles. The van der Waals surface area contributed by atoms with Gasteiger partial charge in [0, 0.05) is 19.2 Å². The first-order chi connectivity index (χ1) is 20.2. The zero-order valence-corrected chi connectivity index (χ0v) is 25.5. The van der Waals surface area contributed by atoms with Crippen molar-refractivity contribution in [3.63, 3.8) is 0 Å². The van der Waals surface area contributed by atoms with Gasteiger partial charge in [-0.25, -0.2) is 4.68 Å². The summed E-state index contributed by atoms with van der Waals surface area (Å²) in [4.78, 5) is 40.3. The van der Waals surface area contributed by atoms with Crippen LogP contribution in [0.25, 0.3) is 16.9 Å². The number of aldehydes is 1. The van der Waals surface area contributed by atoms with Crippen molar-refractivity contribution in [2.75, 3.05) is 27.8 Å². The molecular formula is C33H42N4O5. The molecule has 1 saturated carbocycles. The molecule has 4 rings (SSSR count). The molecule has 224 valence electrons. The number of nitrogens with one attached hydrogen (secondary N) is 1. The van der Waals surface area contributed by atoms with Gasteiger partial charge >= 0.3 is 0 Å². The van der Waals surface area contributed by atoms with Crippen LogP contribution in [0.2, 0.25) is 0 Å². The first-order valence-corrected chi connectivity index (χ1v) is 14.7. The normalized spacial score (nSPS) is 14.4. The second-order valence-corrected chi connectivity index (χ2v) is 11.1. The third-order valence-electron chi connectivity index (χ3n) is 8.17. The highest BCUT2D eigenvalue weighted by atomic mass is 16.5. The van der Waals surface area contributed by atoms with Crippen LogP contribution >= 0.6 is 0 Å². The molecule has 1 unspecified atom stereocenters. The van der Waals surface area contributed by atoms with Crippen molar-refractivity contribution < 1.29 is 23.9 Å². The van der Waals surface area contributed by atoms with Crippen molar-refractivity contribution in [1.29, 1.82) is 0 Å². The second-order valence-electron chi connectivity index (χ2n) is 11.1. The number of nitrogens with zero attached hydrogens (tertiary/aromatic N) is 3. The largest absolute Gasteiger partial charge is 0.496 e. The molecule has 0 bridgehead atoms. The SMILES string of the molecule is CCN(C)C(=O)c1ccc(-n2nc(C(=O)NC(C=O)C3CCCCC3)cc2-c2c(OC)cccc2OC)c(C(C)C)c1. The minimum atomic E-state index is -0.570. The predicted molar refractivity (Wildman–Crippen MR) is 163 cm³/mol. The molecule has 9 nitrogen and oxygen atoms in total. The zero-order valence-electron chi connectivity index (χ0n) is 25.5. The van der Waals surface area contributed by atoms with E-state index in [2.05, 4.69) is 19.2 Å². The Kier molecular flexibility index (Phi) is 10.0. The lowest BCUT2D eigenvalue weighted by atomic mass is 9.84. The van der Waals surface area contributed by atoms with Crippen LogP contribution in [-0.2, 0) is 4.79 Å². The summed E-state index contributed by atoms with van der Waals surface area (Å²) in [6.45, 7) is 6.63. The molecule has 0 saturated heterocycles. The Morgan fingerprint density at radius 1 is 1.07 bits per heavy atom. The van der Waals surface area contributed by atoms with Crippen LogP contribution in [0, 0.1) is 5.92 Å². The first-order valence-electron chi connectivity index (χ1n) is 14.7. The highest BCUT2D eigenvalue weighted by Gasteiger charge is 2.28. The van der Waals surface area contributed by atoms with E-state index in [0.29, 0.717) is 34.9 Å². The Morgan fingerprint density at radius 3 is 2.31 bits per heavy atom. The lowest BCUT2D eigenvalue weighted by Gasteiger charge is -2.26. The molecule has 0 spiro atoms. The van der Waals surface area contributed by atoms with Gasteiger partial charge in [-0.1, -0.05) is 39.2 Å². The van der Waals surface area contributed by atoms with E-state index < -0.39 is 11.9 Å². The van der Waals surface area contributed by atoms with E-state index in [4.69, 9.17) is 14.6 Å². The van der Waals surface area contributed by atoms with Crippen LogP contribution in [0.4, 0.5) is 0 Å². The maximum atomic E-state index is 13.6. The maximum Gasteiger partial charge on any atom is 0.272 e. The van der Waals surface area contributed by atoms with Crippen molar-refractivity contribution in [3.8, 4) is 28.4 Å². The van der Waals surface area contributed by atoms with Gasteiger partial charge < -0.3 is 24.5 Å². The standard InChI is InChI=1S/C33H42N4O5/c1-7-36(4)33(40)23-16-17-27(24(18-23)21(2)3)37-28(31-29(41-5)14-11-15-30(31)42-6)19-25(35-37)32(39)34-26(20-38)22-12-9-8-10-13-22/h11,14-22,26H,7-10,12-13H2,1-6H3,(H,34,39). The number of hydrogen-bond acceptors (Lipinski definition) is 6. The van der Waals surface area contributed by atoms with Gasteiger partial charge in [-0.2, -0.15) is 5.10 Å². The van der Waals surface area contributed by atoms with Gasteiger partial charge in [0.1, 0.15) is 17.8 Å². The first kappa shape index (κ1) is 30.8. The van der Waals surface area contributed by atoms with Gasteiger partial charge in [-0.05, 0) is 73.6 Å². The molecule has 1 atom stereocenters. The molecule has 1 N–H and O–H groups in total. The number of ether oxygens (including phenoxy) is 2.